The maximum absolute atomic E-state index is 11.1. The van der Waals surface area contributed by atoms with Gasteiger partial charge in [-0.3, -0.25) is 15.0 Å². The highest BCUT2D eigenvalue weighted by atomic mass is 16.2. The molecular weight excluding hydrogens is 194 g/mol. The number of amides is 1. The normalized spacial score (nSPS) is 11.7. The largest absolute Gasteiger partial charge is 0.374 e. The topological polar surface area (TPSA) is 82.1 Å². The Morgan fingerprint density at radius 1 is 1.27 bits per heavy atom. The highest BCUT2D eigenvalue weighted by Crippen LogP contribution is 1.98. The molecular formula is C10H19N3O2. The summed E-state index contributed by atoms with van der Waals surface area (Å²) in [5.41, 5.74) is 0. The molecule has 86 valence electrons. The standard InChI is InChI=1S/C10H19N3O2/c1-7(14)10(13-9(3)15)5-4-6-12-8(2)11/h10H,4-6H2,1-3H3,(H2,11,12)(H,13,15). The number of carbonyl (C=O) groups excluding carboxylic acids is 2. The number of nitrogens with one attached hydrogen (secondary N) is 3. The molecule has 0 aromatic heterocycles. The van der Waals surface area contributed by atoms with E-state index in [0.717, 1.165) is 6.42 Å². The van der Waals surface area contributed by atoms with Gasteiger partial charge in [-0.15, -0.1) is 0 Å². The highest BCUT2D eigenvalue weighted by molar-refractivity contribution is 5.86. The third-order valence-corrected chi connectivity index (χ3v) is 1.93. The smallest absolute Gasteiger partial charge is 0.217 e. The Labute approximate surface area is 90.1 Å². The molecule has 0 aromatic rings. The van der Waals surface area contributed by atoms with Gasteiger partial charge in [0.15, 0.2) is 5.78 Å². The van der Waals surface area contributed by atoms with E-state index in [1.807, 2.05) is 0 Å². The van der Waals surface area contributed by atoms with E-state index in [-0.39, 0.29) is 11.7 Å². The number of Topliss-reactive ketones (excluding diaryl/α,β-unsaturated/α-hetero) is 1. The highest BCUT2D eigenvalue weighted by Gasteiger charge is 2.13. The van der Waals surface area contributed by atoms with Gasteiger partial charge in [-0.2, -0.15) is 0 Å². The van der Waals surface area contributed by atoms with Crippen LogP contribution in [-0.2, 0) is 9.59 Å². The van der Waals surface area contributed by atoms with E-state index in [2.05, 4.69) is 10.6 Å². The van der Waals surface area contributed by atoms with Gasteiger partial charge in [0.05, 0.1) is 11.9 Å². The van der Waals surface area contributed by atoms with Crippen molar-refractivity contribution in [3.63, 3.8) is 0 Å². The molecule has 15 heavy (non-hydrogen) atoms. The van der Waals surface area contributed by atoms with Crippen LogP contribution in [0.1, 0.15) is 33.6 Å². The minimum atomic E-state index is -0.393. The summed E-state index contributed by atoms with van der Waals surface area (Å²) in [6.45, 7) is 5.18. The molecule has 0 fully saturated rings. The van der Waals surface area contributed by atoms with Crippen molar-refractivity contribution in [3.8, 4) is 0 Å². The van der Waals surface area contributed by atoms with Crippen LogP contribution in [0.3, 0.4) is 0 Å². The van der Waals surface area contributed by atoms with E-state index in [1.54, 1.807) is 6.92 Å². The average molecular weight is 213 g/mol. The van der Waals surface area contributed by atoms with E-state index in [0.29, 0.717) is 18.8 Å². The Kier molecular flexibility index (Phi) is 6.33. The summed E-state index contributed by atoms with van der Waals surface area (Å²) in [5, 5.41) is 12.6. The maximum Gasteiger partial charge on any atom is 0.217 e. The van der Waals surface area contributed by atoms with Gasteiger partial charge in [0, 0.05) is 13.5 Å². The molecule has 0 bridgehead atoms. The Morgan fingerprint density at radius 3 is 2.27 bits per heavy atom. The van der Waals surface area contributed by atoms with Crippen LogP contribution in [0, 0.1) is 5.41 Å². The van der Waals surface area contributed by atoms with Gasteiger partial charge in [-0.1, -0.05) is 0 Å². The van der Waals surface area contributed by atoms with E-state index in [9.17, 15) is 9.59 Å². The van der Waals surface area contributed by atoms with Crippen molar-refractivity contribution in [2.45, 2.75) is 39.7 Å². The molecule has 1 amide bonds. The Balaban J connectivity index is 3.81. The molecule has 0 aliphatic carbocycles. The molecule has 5 heteroatoms. The second kappa shape index (κ2) is 6.98. The fraction of sp³-hybridized carbons (Fsp3) is 0.700. The van der Waals surface area contributed by atoms with Crippen molar-refractivity contribution in [2.75, 3.05) is 6.54 Å². The van der Waals surface area contributed by atoms with Crippen LogP contribution in [0.4, 0.5) is 0 Å². The molecule has 0 rings (SSSR count). The number of hydrogen-bond acceptors (Lipinski definition) is 3. The number of rotatable bonds is 6. The molecule has 0 saturated carbocycles. The molecule has 0 heterocycles. The SMILES string of the molecule is CC(=N)NCCCC(NC(C)=O)C(C)=O. The minimum Gasteiger partial charge on any atom is -0.374 e. The van der Waals surface area contributed by atoms with Crippen LogP contribution in [-0.4, -0.2) is 30.1 Å². The lowest BCUT2D eigenvalue weighted by atomic mass is 10.1. The van der Waals surface area contributed by atoms with Gasteiger partial charge < -0.3 is 10.6 Å². The Bertz CT molecular complexity index is 251. The third kappa shape index (κ3) is 7.66. The van der Waals surface area contributed by atoms with Crippen LogP contribution in [0.15, 0.2) is 0 Å². The van der Waals surface area contributed by atoms with Crippen LogP contribution in [0.25, 0.3) is 0 Å². The lowest BCUT2D eigenvalue weighted by molar-refractivity contribution is -0.125. The first-order valence-electron chi connectivity index (χ1n) is 5.00. The number of carbonyl (C=O) groups is 2. The van der Waals surface area contributed by atoms with Crippen molar-refractivity contribution in [2.24, 2.45) is 0 Å². The van der Waals surface area contributed by atoms with Gasteiger partial charge in [0.1, 0.15) is 0 Å². The first-order chi connectivity index (χ1) is 6.93. The van der Waals surface area contributed by atoms with Gasteiger partial charge in [0.25, 0.3) is 0 Å². The van der Waals surface area contributed by atoms with Crippen LogP contribution < -0.4 is 10.6 Å². The first kappa shape index (κ1) is 13.6. The van der Waals surface area contributed by atoms with Crippen LogP contribution in [0.5, 0.6) is 0 Å². The van der Waals surface area contributed by atoms with Crippen LogP contribution >= 0.6 is 0 Å². The fourth-order valence-corrected chi connectivity index (χ4v) is 1.20. The van der Waals surface area contributed by atoms with E-state index in [1.165, 1.54) is 13.8 Å². The van der Waals surface area contributed by atoms with Crippen molar-refractivity contribution in [1.29, 1.82) is 5.41 Å². The summed E-state index contributed by atoms with van der Waals surface area (Å²) >= 11 is 0. The minimum absolute atomic E-state index is 0.0308. The molecule has 0 aliphatic rings. The zero-order valence-corrected chi connectivity index (χ0v) is 9.52. The molecule has 0 spiro atoms. The van der Waals surface area contributed by atoms with Crippen molar-refractivity contribution in [3.05, 3.63) is 0 Å². The number of ketones is 1. The fourth-order valence-electron chi connectivity index (χ4n) is 1.20. The predicted molar refractivity (Wildman–Crippen MR) is 58.9 cm³/mol. The summed E-state index contributed by atoms with van der Waals surface area (Å²) in [6.07, 6.45) is 1.36. The van der Waals surface area contributed by atoms with Gasteiger partial charge in [0.2, 0.25) is 5.91 Å². The second-order valence-electron chi connectivity index (χ2n) is 3.56. The maximum atomic E-state index is 11.1. The van der Waals surface area contributed by atoms with E-state index < -0.39 is 6.04 Å². The molecule has 1 unspecified atom stereocenters. The Morgan fingerprint density at radius 2 is 1.87 bits per heavy atom. The lowest BCUT2D eigenvalue weighted by Crippen LogP contribution is -2.39. The molecule has 3 N–H and O–H groups in total. The van der Waals surface area contributed by atoms with Crippen LogP contribution in [0.2, 0.25) is 0 Å². The third-order valence-electron chi connectivity index (χ3n) is 1.93. The number of amidine groups is 1. The zero-order valence-electron chi connectivity index (χ0n) is 9.52. The summed E-state index contributed by atoms with van der Waals surface area (Å²) in [5.74, 6) is 0.192. The second-order valence-corrected chi connectivity index (χ2v) is 3.56. The van der Waals surface area contributed by atoms with Gasteiger partial charge >= 0.3 is 0 Å². The summed E-state index contributed by atoms with van der Waals surface area (Å²) in [7, 11) is 0. The average Bonchev–Trinajstić information content (AvgIpc) is 2.08. The molecule has 1 atom stereocenters. The molecule has 0 saturated heterocycles. The lowest BCUT2D eigenvalue weighted by Gasteiger charge is -2.14. The van der Waals surface area contributed by atoms with Crippen molar-refractivity contribution < 1.29 is 9.59 Å². The molecule has 0 radical (unpaired) electrons. The molecule has 0 aliphatic heterocycles. The quantitative estimate of drug-likeness (QED) is 0.340. The van der Waals surface area contributed by atoms with Gasteiger partial charge in [-0.25, -0.2) is 0 Å². The summed E-state index contributed by atoms with van der Waals surface area (Å²) in [6, 6.07) is -0.393. The van der Waals surface area contributed by atoms with E-state index in [4.69, 9.17) is 5.41 Å². The van der Waals surface area contributed by atoms with Crippen molar-refractivity contribution >= 4 is 17.5 Å². The first-order valence-corrected chi connectivity index (χ1v) is 5.00. The number of hydrogen-bond donors (Lipinski definition) is 3. The monoisotopic (exact) mass is 213 g/mol. The van der Waals surface area contributed by atoms with E-state index >= 15 is 0 Å². The molecule has 5 nitrogen and oxygen atoms in total. The van der Waals surface area contributed by atoms with Gasteiger partial charge in [-0.05, 0) is 26.7 Å². The zero-order chi connectivity index (χ0) is 11.8. The molecule has 0 aromatic carbocycles. The Hall–Kier alpha value is -1.39. The predicted octanol–water partition coefficient (Wildman–Crippen LogP) is 0.447. The van der Waals surface area contributed by atoms with Crippen molar-refractivity contribution in [1.82, 2.24) is 10.6 Å². The summed E-state index contributed by atoms with van der Waals surface area (Å²) in [4.78, 5) is 21.9. The summed E-state index contributed by atoms with van der Waals surface area (Å²) < 4.78 is 0.